The van der Waals surface area contributed by atoms with Crippen LogP contribution in [0.4, 0.5) is 0 Å². The summed E-state index contributed by atoms with van der Waals surface area (Å²) in [6, 6.07) is 10.2. The molecule has 1 aliphatic carbocycles. The number of aliphatic hydroxyl groups is 1. The van der Waals surface area contributed by atoms with E-state index in [2.05, 4.69) is 18.2 Å². The van der Waals surface area contributed by atoms with Gasteiger partial charge in [0, 0.05) is 9.80 Å². The molecule has 74 valence electrons. The molecule has 1 atom stereocenters. The number of aliphatic hydroxyl groups excluding tert-OH is 1. The highest BCUT2D eigenvalue weighted by Crippen LogP contribution is 2.33. The van der Waals surface area contributed by atoms with Gasteiger partial charge in [-0.05, 0) is 31.4 Å². The number of rotatable bonds is 2. The molecule has 1 aromatic rings. The smallest absolute Gasteiger partial charge is 0.0848 e. The molecule has 0 aromatic heterocycles. The predicted molar refractivity (Wildman–Crippen MR) is 60.2 cm³/mol. The molecule has 0 amide bonds. The molecule has 0 bridgehead atoms. The normalized spacial score (nSPS) is 21.8. The van der Waals surface area contributed by atoms with Crippen LogP contribution in [0.5, 0.6) is 0 Å². The van der Waals surface area contributed by atoms with Crippen LogP contribution in [0.1, 0.15) is 19.3 Å². The highest BCUT2D eigenvalue weighted by molar-refractivity contribution is 8.03. The second-order valence-electron chi connectivity index (χ2n) is 3.47. The Morgan fingerprint density at radius 2 is 2.00 bits per heavy atom. The molecule has 14 heavy (non-hydrogen) atoms. The topological polar surface area (TPSA) is 20.2 Å². The van der Waals surface area contributed by atoms with Crippen molar-refractivity contribution in [3.8, 4) is 0 Å². The van der Waals surface area contributed by atoms with Gasteiger partial charge < -0.3 is 5.11 Å². The van der Waals surface area contributed by atoms with Crippen LogP contribution >= 0.6 is 11.8 Å². The van der Waals surface area contributed by atoms with Gasteiger partial charge in [0.15, 0.2) is 0 Å². The third kappa shape index (κ3) is 2.40. The van der Waals surface area contributed by atoms with Crippen molar-refractivity contribution in [3.05, 3.63) is 41.3 Å². The maximum absolute atomic E-state index is 9.74. The maximum Gasteiger partial charge on any atom is 0.0848 e. The second-order valence-corrected chi connectivity index (χ2v) is 4.62. The van der Waals surface area contributed by atoms with E-state index >= 15 is 0 Å². The molecule has 2 rings (SSSR count). The molecule has 0 saturated carbocycles. The fourth-order valence-electron chi connectivity index (χ4n) is 1.57. The molecular formula is C12H14OS. The van der Waals surface area contributed by atoms with Gasteiger partial charge in [-0.2, -0.15) is 0 Å². The molecule has 0 heterocycles. The molecule has 0 saturated heterocycles. The average molecular weight is 206 g/mol. The number of hydrogen-bond donors (Lipinski definition) is 1. The highest BCUT2D eigenvalue weighted by atomic mass is 32.2. The number of benzene rings is 1. The van der Waals surface area contributed by atoms with Crippen molar-refractivity contribution in [2.75, 3.05) is 0 Å². The molecule has 1 nitrogen and oxygen atoms in total. The molecule has 2 heteroatoms. The minimum Gasteiger partial charge on any atom is -0.388 e. The van der Waals surface area contributed by atoms with Gasteiger partial charge in [0.05, 0.1) is 6.10 Å². The SMILES string of the molecule is OC1CCCC=C1Sc1ccccc1. The van der Waals surface area contributed by atoms with E-state index in [1.165, 1.54) is 4.90 Å². The Morgan fingerprint density at radius 3 is 2.71 bits per heavy atom. The van der Waals surface area contributed by atoms with E-state index in [1.807, 2.05) is 18.2 Å². The van der Waals surface area contributed by atoms with Crippen LogP contribution in [0.2, 0.25) is 0 Å². The lowest BCUT2D eigenvalue weighted by Gasteiger charge is -2.18. The van der Waals surface area contributed by atoms with Crippen LogP contribution in [0.25, 0.3) is 0 Å². The third-order valence-electron chi connectivity index (χ3n) is 2.33. The van der Waals surface area contributed by atoms with Crippen molar-refractivity contribution in [1.29, 1.82) is 0 Å². The van der Waals surface area contributed by atoms with Crippen LogP contribution in [-0.4, -0.2) is 11.2 Å². The summed E-state index contributed by atoms with van der Waals surface area (Å²) in [5.74, 6) is 0. The second kappa shape index (κ2) is 4.67. The zero-order valence-corrected chi connectivity index (χ0v) is 8.83. The summed E-state index contributed by atoms with van der Waals surface area (Å²) < 4.78 is 0. The van der Waals surface area contributed by atoms with Crippen molar-refractivity contribution in [1.82, 2.24) is 0 Å². The van der Waals surface area contributed by atoms with Crippen LogP contribution in [-0.2, 0) is 0 Å². The van der Waals surface area contributed by atoms with Gasteiger partial charge in [-0.3, -0.25) is 0 Å². The van der Waals surface area contributed by atoms with Crippen LogP contribution in [0.3, 0.4) is 0 Å². The zero-order chi connectivity index (χ0) is 9.80. The highest BCUT2D eigenvalue weighted by Gasteiger charge is 2.15. The van der Waals surface area contributed by atoms with Gasteiger partial charge in [-0.1, -0.05) is 36.0 Å². The Balaban J connectivity index is 2.07. The first kappa shape index (κ1) is 9.81. The van der Waals surface area contributed by atoms with Crippen molar-refractivity contribution in [3.63, 3.8) is 0 Å². The Labute approximate surface area is 88.8 Å². The molecule has 1 unspecified atom stereocenters. The number of hydrogen-bond acceptors (Lipinski definition) is 2. The van der Waals surface area contributed by atoms with E-state index in [9.17, 15) is 5.11 Å². The molecule has 0 spiro atoms. The molecule has 1 N–H and O–H groups in total. The first-order valence-electron chi connectivity index (χ1n) is 4.97. The van der Waals surface area contributed by atoms with E-state index in [0.29, 0.717) is 0 Å². The molecule has 0 radical (unpaired) electrons. The minimum absolute atomic E-state index is 0.242. The van der Waals surface area contributed by atoms with E-state index in [4.69, 9.17) is 0 Å². The van der Waals surface area contributed by atoms with Gasteiger partial charge in [-0.25, -0.2) is 0 Å². The predicted octanol–water partition coefficient (Wildman–Crippen LogP) is 3.21. The fraction of sp³-hybridized carbons (Fsp3) is 0.333. The van der Waals surface area contributed by atoms with E-state index < -0.39 is 0 Å². The van der Waals surface area contributed by atoms with Crippen LogP contribution in [0, 0.1) is 0 Å². The van der Waals surface area contributed by atoms with Crippen molar-refractivity contribution < 1.29 is 5.11 Å². The summed E-state index contributed by atoms with van der Waals surface area (Å²) in [5.41, 5.74) is 0. The van der Waals surface area contributed by atoms with Gasteiger partial charge in [-0.15, -0.1) is 0 Å². The molecular weight excluding hydrogens is 192 g/mol. The minimum atomic E-state index is -0.242. The third-order valence-corrected chi connectivity index (χ3v) is 3.52. The number of allylic oxidation sites excluding steroid dienone is 1. The lowest BCUT2D eigenvalue weighted by Crippen LogP contribution is -2.11. The maximum atomic E-state index is 9.74. The first-order valence-corrected chi connectivity index (χ1v) is 5.79. The standard InChI is InChI=1S/C12H14OS/c13-11-8-4-5-9-12(11)14-10-6-2-1-3-7-10/h1-3,6-7,9,11,13H,4-5,8H2. The van der Waals surface area contributed by atoms with Crippen LogP contribution < -0.4 is 0 Å². The van der Waals surface area contributed by atoms with Gasteiger partial charge in [0.1, 0.15) is 0 Å². The van der Waals surface area contributed by atoms with Gasteiger partial charge in [0.25, 0.3) is 0 Å². The summed E-state index contributed by atoms with van der Waals surface area (Å²) in [5, 5.41) is 9.74. The zero-order valence-electron chi connectivity index (χ0n) is 8.02. The first-order chi connectivity index (χ1) is 6.86. The fourth-order valence-corrected chi connectivity index (χ4v) is 2.59. The summed E-state index contributed by atoms with van der Waals surface area (Å²) in [7, 11) is 0. The summed E-state index contributed by atoms with van der Waals surface area (Å²) in [6.45, 7) is 0. The quantitative estimate of drug-likeness (QED) is 0.801. The van der Waals surface area contributed by atoms with Crippen LogP contribution in [0.15, 0.2) is 46.2 Å². The van der Waals surface area contributed by atoms with Crippen molar-refractivity contribution in [2.45, 2.75) is 30.3 Å². The summed E-state index contributed by atoms with van der Waals surface area (Å²) in [4.78, 5) is 2.32. The number of thioether (sulfide) groups is 1. The van der Waals surface area contributed by atoms with Crippen molar-refractivity contribution in [2.24, 2.45) is 0 Å². The Kier molecular flexibility index (Phi) is 3.27. The lowest BCUT2D eigenvalue weighted by molar-refractivity contribution is 0.200. The Morgan fingerprint density at radius 1 is 1.21 bits per heavy atom. The monoisotopic (exact) mass is 206 g/mol. The summed E-state index contributed by atoms with van der Waals surface area (Å²) >= 11 is 1.68. The summed E-state index contributed by atoms with van der Waals surface area (Å²) in [6.07, 6.45) is 5.04. The van der Waals surface area contributed by atoms with Crippen molar-refractivity contribution >= 4 is 11.8 Å². The van der Waals surface area contributed by atoms with E-state index in [1.54, 1.807) is 11.8 Å². The lowest BCUT2D eigenvalue weighted by atomic mass is 10.1. The van der Waals surface area contributed by atoms with Gasteiger partial charge >= 0.3 is 0 Å². The van der Waals surface area contributed by atoms with E-state index in [-0.39, 0.29) is 6.10 Å². The largest absolute Gasteiger partial charge is 0.388 e. The molecule has 0 aliphatic heterocycles. The molecule has 1 aromatic carbocycles. The van der Waals surface area contributed by atoms with Gasteiger partial charge in [0.2, 0.25) is 0 Å². The van der Waals surface area contributed by atoms with E-state index in [0.717, 1.165) is 24.2 Å². The average Bonchev–Trinajstić information content (AvgIpc) is 2.23. The Hall–Kier alpha value is -0.730. The molecule has 0 fully saturated rings. The Bertz CT molecular complexity index is 318. The molecule has 1 aliphatic rings.